The first-order valence-electron chi connectivity index (χ1n) is 11.9. The van der Waals surface area contributed by atoms with Crippen molar-refractivity contribution < 1.29 is 29.6 Å². The minimum atomic E-state index is -1.82. The van der Waals surface area contributed by atoms with E-state index in [9.17, 15) is 10.4 Å². The van der Waals surface area contributed by atoms with Gasteiger partial charge in [-0.3, -0.25) is 4.90 Å². The van der Waals surface area contributed by atoms with Crippen LogP contribution in [0.5, 0.6) is 0 Å². The van der Waals surface area contributed by atoms with E-state index in [4.69, 9.17) is 29.5 Å². The number of aliphatic hydroxyl groups is 1. The normalized spacial score (nSPS) is 14.0. The van der Waals surface area contributed by atoms with Crippen molar-refractivity contribution in [3.8, 4) is 28.5 Å². The number of ether oxygens (including phenoxy) is 1. The second-order valence-electron chi connectivity index (χ2n) is 8.57. The number of aryl methyl sites for hydroxylation is 1. The Hall–Kier alpha value is -3.75. The van der Waals surface area contributed by atoms with Gasteiger partial charge in [0.15, 0.2) is 0 Å². The van der Waals surface area contributed by atoms with Crippen molar-refractivity contribution in [2.75, 3.05) is 38.6 Å². The number of carboxylic acid groups (broad SMARTS) is 2. The minimum absolute atomic E-state index is 0.477. The van der Waals surface area contributed by atoms with Crippen molar-refractivity contribution in [2.45, 2.75) is 18.1 Å². The molecular weight excluding hydrogens is 506 g/mol. The lowest BCUT2D eigenvalue weighted by Crippen LogP contribution is -2.41. The molecule has 2 aromatic carbocycles. The van der Waals surface area contributed by atoms with Gasteiger partial charge in [-0.25, -0.2) is 14.6 Å². The maximum Gasteiger partial charge on any atom is 0.414 e. The van der Waals surface area contributed by atoms with Crippen LogP contribution in [0, 0.1) is 18.3 Å². The van der Waals surface area contributed by atoms with E-state index >= 15 is 0 Å². The molecule has 0 radical (unpaired) electrons. The molecular formula is C28H29N3O6S. The molecule has 1 aliphatic rings. The molecule has 38 heavy (non-hydrogen) atoms. The Bertz CT molecular complexity index is 1260. The van der Waals surface area contributed by atoms with Gasteiger partial charge in [-0.15, -0.1) is 11.8 Å². The molecule has 10 heteroatoms. The van der Waals surface area contributed by atoms with Crippen molar-refractivity contribution in [2.24, 2.45) is 0 Å². The van der Waals surface area contributed by atoms with Crippen LogP contribution in [0.2, 0.25) is 0 Å². The number of nitrogens with zero attached hydrogens (tertiary/aromatic N) is 3. The number of aliphatic carboxylic acids is 2. The number of nitriles is 1. The van der Waals surface area contributed by atoms with E-state index in [-0.39, 0.29) is 0 Å². The summed E-state index contributed by atoms with van der Waals surface area (Å²) in [6, 6.07) is 22.6. The van der Waals surface area contributed by atoms with Crippen molar-refractivity contribution in [1.82, 2.24) is 9.88 Å². The predicted molar refractivity (Wildman–Crippen MR) is 144 cm³/mol. The largest absolute Gasteiger partial charge is 0.473 e. The summed E-state index contributed by atoms with van der Waals surface area (Å²) in [6.45, 7) is 5.74. The average molecular weight is 536 g/mol. The Morgan fingerprint density at radius 1 is 1.05 bits per heavy atom. The topological polar surface area (TPSA) is 144 Å². The molecule has 1 aromatic heterocycles. The van der Waals surface area contributed by atoms with Gasteiger partial charge in [0.25, 0.3) is 0 Å². The van der Waals surface area contributed by atoms with E-state index in [1.807, 2.05) is 55.5 Å². The number of aromatic nitrogens is 1. The van der Waals surface area contributed by atoms with Crippen LogP contribution in [0.3, 0.4) is 0 Å². The van der Waals surface area contributed by atoms with Crippen LogP contribution in [-0.4, -0.2) is 81.8 Å². The fourth-order valence-corrected chi connectivity index (χ4v) is 4.68. The maximum absolute atomic E-state index is 10.6. The van der Waals surface area contributed by atoms with Crippen LogP contribution in [-0.2, 0) is 14.3 Å². The molecule has 1 fully saturated rings. The van der Waals surface area contributed by atoms with Gasteiger partial charge < -0.3 is 20.1 Å². The fourth-order valence-electron chi connectivity index (χ4n) is 3.76. The molecule has 0 aliphatic carbocycles. The van der Waals surface area contributed by atoms with Gasteiger partial charge in [-0.05, 0) is 18.6 Å². The zero-order valence-corrected chi connectivity index (χ0v) is 21.7. The standard InChI is InChI=1S/C26H27N3O2S.C2H2O4/c1-19-7-9-20(10-8-19)23-15-25(21-5-3-2-4-6-21)28-26(24(23)16-27)32-18-22(30)17-29-11-13-31-14-12-29;3-1(4)2(5)6/h2-10,15,22,30H,11-14,17-18H2,1H3;(H,3,4)(H,5,6). The Kier molecular flexibility index (Phi) is 10.8. The third kappa shape index (κ3) is 8.39. The molecule has 9 nitrogen and oxygen atoms in total. The summed E-state index contributed by atoms with van der Waals surface area (Å²) in [6.07, 6.45) is -0.505. The average Bonchev–Trinajstić information content (AvgIpc) is 2.93. The van der Waals surface area contributed by atoms with Crippen molar-refractivity contribution in [3.05, 3.63) is 71.8 Å². The van der Waals surface area contributed by atoms with Crippen molar-refractivity contribution in [3.63, 3.8) is 0 Å². The summed E-state index contributed by atoms with van der Waals surface area (Å²) in [5.74, 6) is -3.17. The Morgan fingerprint density at radius 3 is 2.26 bits per heavy atom. The number of β-amino-alcohol motifs (C(OH)–C–C–N with tert-alkyl or cyclic N) is 1. The van der Waals surface area contributed by atoms with Crippen LogP contribution in [0.4, 0.5) is 0 Å². The summed E-state index contributed by atoms with van der Waals surface area (Å²) in [4.78, 5) is 25.2. The van der Waals surface area contributed by atoms with Gasteiger partial charge in [0.2, 0.25) is 0 Å². The van der Waals surface area contributed by atoms with Gasteiger partial charge in [0, 0.05) is 36.5 Å². The molecule has 4 rings (SSSR count). The van der Waals surface area contributed by atoms with Gasteiger partial charge in [0.1, 0.15) is 11.1 Å². The molecule has 198 valence electrons. The van der Waals surface area contributed by atoms with Crippen LogP contribution >= 0.6 is 11.8 Å². The third-order valence-electron chi connectivity index (χ3n) is 5.70. The quantitative estimate of drug-likeness (QED) is 0.303. The minimum Gasteiger partial charge on any atom is -0.473 e. The first-order chi connectivity index (χ1) is 18.3. The van der Waals surface area contributed by atoms with Crippen molar-refractivity contribution in [1.29, 1.82) is 5.26 Å². The summed E-state index contributed by atoms with van der Waals surface area (Å²) in [5.41, 5.74) is 5.41. The van der Waals surface area contributed by atoms with E-state index in [0.29, 0.717) is 36.1 Å². The van der Waals surface area contributed by atoms with E-state index in [1.165, 1.54) is 17.3 Å². The second kappa shape index (κ2) is 14.3. The molecule has 1 saturated heterocycles. The highest BCUT2D eigenvalue weighted by Gasteiger charge is 2.19. The van der Waals surface area contributed by atoms with Crippen LogP contribution in [0.15, 0.2) is 65.7 Å². The molecule has 3 N–H and O–H groups in total. The molecule has 0 amide bonds. The maximum atomic E-state index is 10.6. The number of morpholine rings is 1. The number of benzene rings is 2. The molecule has 1 atom stereocenters. The molecule has 0 saturated carbocycles. The Balaban J connectivity index is 0.000000599. The number of carboxylic acids is 2. The number of aliphatic hydroxyl groups excluding tert-OH is 1. The molecule has 1 unspecified atom stereocenters. The summed E-state index contributed by atoms with van der Waals surface area (Å²) in [5, 5.41) is 36.1. The van der Waals surface area contributed by atoms with E-state index in [0.717, 1.165) is 35.5 Å². The van der Waals surface area contributed by atoms with Gasteiger partial charge in [0.05, 0.1) is 30.6 Å². The van der Waals surface area contributed by atoms with Crippen LogP contribution in [0.25, 0.3) is 22.4 Å². The van der Waals surface area contributed by atoms with Gasteiger partial charge >= 0.3 is 11.9 Å². The number of hydrogen-bond acceptors (Lipinski definition) is 8. The van der Waals surface area contributed by atoms with E-state index < -0.39 is 18.0 Å². The summed E-state index contributed by atoms with van der Waals surface area (Å²) in [7, 11) is 0. The number of carbonyl (C=O) groups is 2. The zero-order chi connectivity index (χ0) is 27.5. The molecule has 0 bridgehead atoms. The van der Waals surface area contributed by atoms with Crippen molar-refractivity contribution >= 4 is 23.7 Å². The number of pyridine rings is 1. The summed E-state index contributed by atoms with van der Waals surface area (Å²) >= 11 is 1.45. The number of rotatable bonds is 7. The zero-order valence-electron chi connectivity index (χ0n) is 20.9. The molecule has 1 aliphatic heterocycles. The smallest absolute Gasteiger partial charge is 0.414 e. The SMILES string of the molecule is Cc1ccc(-c2cc(-c3ccccc3)nc(SCC(O)CN3CCOCC3)c2C#N)cc1.O=C(O)C(=O)O. The predicted octanol–water partition coefficient (Wildman–Crippen LogP) is 3.54. The first kappa shape index (κ1) is 28.8. The highest BCUT2D eigenvalue weighted by Crippen LogP contribution is 2.34. The highest BCUT2D eigenvalue weighted by atomic mass is 32.2. The van der Waals surface area contributed by atoms with Gasteiger partial charge in [-0.1, -0.05) is 60.2 Å². The monoisotopic (exact) mass is 535 g/mol. The Labute approximate surface area is 225 Å². The lowest BCUT2D eigenvalue weighted by molar-refractivity contribution is -0.159. The molecule has 3 aromatic rings. The van der Waals surface area contributed by atoms with Gasteiger partial charge in [-0.2, -0.15) is 5.26 Å². The van der Waals surface area contributed by atoms with Crippen LogP contribution in [0.1, 0.15) is 11.1 Å². The third-order valence-corrected chi connectivity index (χ3v) is 6.82. The molecule has 0 spiro atoms. The Morgan fingerprint density at radius 2 is 1.68 bits per heavy atom. The molecule has 2 heterocycles. The lowest BCUT2D eigenvalue weighted by atomic mass is 9.98. The number of hydrogen-bond donors (Lipinski definition) is 3. The number of thioether (sulfide) groups is 1. The first-order valence-corrected chi connectivity index (χ1v) is 12.9. The lowest BCUT2D eigenvalue weighted by Gasteiger charge is -2.28. The summed E-state index contributed by atoms with van der Waals surface area (Å²) < 4.78 is 5.38. The second-order valence-corrected chi connectivity index (χ2v) is 9.58. The van der Waals surface area contributed by atoms with Crippen LogP contribution < -0.4 is 0 Å². The highest BCUT2D eigenvalue weighted by molar-refractivity contribution is 7.99. The van der Waals surface area contributed by atoms with E-state index in [1.54, 1.807) is 0 Å². The van der Waals surface area contributed by atoms with E-state index in [2.05, 4.69) is 23.1 Å². The fraction of sp³-hybridized carbons (Fsp3) is 0.286.